The second-order valence-electron chi connectivity index (χ2n) is 4.57. The average Bonchev–Trinajstić information content (AvgIpc) is 2.38. The van der Waals surface area contributed by atoms with Gasteiger partial charge in [0, 0.05) is 31.3 Å². The van der Waals surface area contributed by atoms with Gasteiger partial charge < -0.3 is 10.6 Å². The van der Waals surface area contributed by atoms with Crippen LogP contribution in [0.3, 0.4) is 0 Å². The number of nitro groups is 1. The van der Waals surface area contributed by atoms with Crippen LogP contribution in [-0.4, -0.2) is 34.9 Å². The molecule has 1 aliphatic heterocycles. The van der Waals surface area contributed by atoms with Gasteiger partial charge in [-0.15, -0.1) is 0 Å². The van der Waals surface area contributed by atoms with Crippen molar-refractivity contribution in [3.63, 3.8) is 0 Å². The third-order valence-corrected chi connectivity index (χ3v) is 3.14. The SMILES string of the molecule is NC1CCCN(C(=O)c2cc([N+](=O)[O-])ccc2F)C1. The first kappa shape index (κ1) is 13.4. The zero-order valence-electron chi connectivity index (χ0n) is 10.2. The topological polar surface area (TPSA) is 89.5 Å². The molecular weight excluding hydrogens is 253 g/mol. The summed E-state index contributed by atoms with van der Waals surface area (Å²) in [5.74, 6) is -1.30. The summed E-state index contributed by atoms with van der Waals surface area (Å²) in [5.41, 5.74) is 5.19. The van der Waals surface area contributed by atoms with Crippen molar-refractivity contribution in [2.24, 2.45) is 5.73 Å². The highest BCUT2D eigenvalue weighted by molar-refractivity contribution is 5.95. The van der Waals surface area contributed by atoms with Gasteiger partial charge in [-0.3, -0.25) is 14.9 Å². The Morgan fingerprint density at radius 2 is 2.26 bits per heavy atom. The van der Waals surface area contributed by atoms with Gasteiger partial charge in [-0.05, 0) is 18.9 Å². The van der Waals surface area contributed by atoms with E-state index in [1.165, 1.54) is 4.90 Å². The summed E-state index contributed by atoms with van der Waals surface area (Å²) in [6, 6.07) is 2.82. The van der Waals surface area contributed by atoms with Crippen LogP contribution in [0.5, 0.6) is 0 Å². The maximum absolute atomic E-state index is 13.6. The number of nitro benzene ring substituents is 1. The number of carbonyl (C=O) groups is 1. The Kier molecular flexibility index (Phi) is 3.75. The molecular formula is C12H14FN3O3. The van der Waals surface area contributed by atoms with Crippen LogP contribution in [-0.2, 0) is 0 Å². The molecule has 7 heteroatoms. The Hall–Kier alpha value is -2.02. The number of halogens is 1. The fourth-order valence-electron chi connectivity index (χ4n) is 2.16. The lowest BCUT2D eigenvalue weighted by Gasteiger charge is -2.30. The molecule has 1 aromatic rings. The Labute approximate surface area is 109 Å². The molecule has 0 aliphatic carbocycles. The number of carbonyl (C=O) groups excluding carboxylic acids is 1. The van der Waals surface area contributed by atoms with E-state index in [0.29, 0.717) is 13.1 Å². The van der Waals surface area contributed by atoms with E-state index in [9.17, 15) is 19.3 Å². The van der Waals surface area contributed by atoms with Crippen LogP contribution < -0.4 is 5.73 Å². The molecule has 1 amide bonds. The minimum atomic E-state index is -0.755. The summed E-state index contributed by atoms with van der Waals surface area (Å²) in [4.78, 5) is 23.6. The average molecular weight is 267 g/mol. The minimum absolute atomic E-state index is 0.126. The van der Waals surface area contributed by atoms with Gasteiger partial charge in [0.05, 0.1) is 10.5 Å². The summed E-state index contributed by atoms with van der Waals surface area (Å²) >= 11 is 0. The summed E-state index contributed by atoms with van der Waals surface area (Å²) in [7, 11) is 0. The van der Waals surface area contributed by atoms with Crippen molar-refractivity contribution in [1.82, 2.24) is 4.90 Å². The van der Waals surface area contributed by atoms with Gasteiger partial charge in [0.25, 0.3) is 11.6 Å². The Bertz CT molecular complexity index is 521. The molecule has 0 saturated carbocycles. The monoisotopic (exact) mass is 267 g/mol. The molecule has 1 unspecified atom stereocenters. The molecule has 2 N–H and O–H groups in total. The molecule has 102 valence electrons. The number of hydrogen-bond acceptors (Lipinski definition) is 4. The lowest BCUT2D eigenvalue weighted by molar-refractivity contribution is -0.384. The molecule has 1 aliphatic rings. The van der Waals surface area contributed by atoms with E-state index in [2.05, 4.69) is 0 Å². The maximum Gasteiger partial charge on any atom is 0.270 e. The highest BCUT2D eigenvalue weighted by atomic mass is 19.1. The highest BCUT2D eigenvalue weighted by Gasteiger charge is 2.25. The number of piperidine rings is 1. The molecule has 1 aromatic carbocycles. The second-order valence-corrected chi connectivity index (χ2v) is 4.57. The van der Waals surface area contributed by atoms with Crippen molar-refractivity contribution in [3.8, 4) is 0 Å². The fourth-order valence-corrected chi connectivity index (χ4v) is 2.16. The van der Waals surface area contributed by atoms with Crippen LogP contribution in [0.25, 0.3) is 0 Å². The van der Waals surface area contributed by atoms with Crippen LogP contribution in [0.2, 0.25) is 0 Å². The van der Waals surface area contributed by atoms with E-state index in [-0.39, 0.29) is 17.3 Å². The van der Waals surface area contributed by atoms with E-state index in [1.807, 2.05) is 0 Å². The van der Waals surface area contributed by atoms with Crippen molar-refractivity contribution < 1.29 is 14.1 Å². The van der Waals surface area contributed by atoms with E-state index < -0.39 is 16.6 Å². The van der Waals surface area contributed by atoms with Gasteiger partial charge in [0.2, 0.25) is 0 Å². The van der Waals surface area contributed by atoms with Gasteiger partial charge in [-0.25, -0.2) is 4.39 Å². The van der Waals surface area contributed by atoms with Crippen LogP contribution in [0.1, 0.15) is 23.2 Å². The second kappa shape index (κ2) is 5.31. The van der Waals surface area contributed by atoms with Crippen LogP contribution in [0, 0.1) is 15.9 Å². The van der Waals surface area contributed by atoms with Gasteiger partial charge in [0.15, 0.2) is 0 Å². The Morgan fingerprint density at radius 3 is 2.89 bits per heavy atom. The van der Waals surface area contributed by atoms with E-state index >= 15 is 0 Å². The summed E-state index contributed by atoms with van der Waals surface area (Å²) in [5, 5.41) is 10.7. The number of nitrogens with two attached hydrogens (primary N) is 1. The van der Waals surface area contributed by atoms with Crippen molar-refractivity contribution in [3.05, 3.63) is 39.7 Å². The molecule has 2 rings (SSSR count). The largest absolute Gasteiger partial charge is 0.337 e. The third kappa shape index (κ3) is 2.87. The number of benzene rings is 1. The molecule has 19 heavy (non-hydrogen) atoms. The van der Waals surface area contributed by atoms with Crippen LogP contribution >= 0.6 is 0 Å². The summed E-state index contributed by atoms with van der Waals surface area (Å²) < 4.78 is 13.6. The molecule has 0 radical (unpaired) electrons. The minimum Gasteiger partial charge on any atom is -0.337 e. The number of non-ortho nitro benzene ring substituents is 1. The number of hydrogen-bond donors (Lipinski definition) is 1. The molecule has 0 spiro atoms. The normalized spacial score (nSPS) is 19.3. The van der Waals surface area contributed by atoms with Crippen molar-refractivity contribution in [1.29, 1.82) is 0 Å². The van der Waals surface area contributed by atoms with E-state index in [0.717, 1.165) is 31.0 Å². The molecule has 0 bridgehead atoms. The first-order valence-corrected chi connectivity index (χ1v) is 5.98. The molecule has 1 atom stereocenters. The number of nitrogens with zero attached hydrogens (tertiary/aromatic N) is 2. The first-order valence-electron chi connectivity index (χ1n) is 5.98. The molecule has 6 nitrogen and oxygen atoms in total. The zero-order valence-corrected chi connectivity index (χ0v) is 10.2. The number of rotatable bonds is 2. The lowest BCUT2D eigenvalue weighted by atomic mass is 10.0. The van der Waals surface area contributed by atoms with Crippen molar-refractivity contribution >= 4 is 11.6 Å². The molecule has 0 aromatic heterocycles. The first-order chi connectivity index (χ1) is 8.99. The summed E-state index contributed by atoms with van der Waals surface area (Å²) in [6.07, 6.45) is 1.57. The number of amides is 1. The standard InChI is InChI=1S/C12H14FN3O3/c13-11-4-3-9(16(18)19)6-10(11)12(17)15-5-1-2-8(14)7-15/h3-4,6,8H,1-2,5,7,14H2. The Balaban J connectivity index is 2.27. The van der Waals surface area contributed by atoms with Gasteiger partial charge in [-0.1, -0.05) is 0 Å². The van der Waals surface area contributed by atoms with E-state index in [4.69, 9.17) is 5.73 Å². The van der Waals surface area contributed by atoms with Gasteiger partial charge in [0.1, 0.15) is 5.82 Å². The predicted molar refractivity (Wildman–Crippen MR) is 66.2 cm³/mol. The predicted octanol–water partition coefficient (Wildman–Crippen LogP) is 1.30. The van der Waals surface area contributed by atoms with Gasteiger partial charge >= 0.3 is 0 Å². The highest BCUT2D eigenvalue weighted by Crippen LogP contribution is 2.20. The summed E-state index contributed by atoms with van der Waals surface area (Å²) in [6.45, 7) is 0.843. The quantitative estimate of drug-likeness (QED) is 0.646. The maximum atomic E-state index is 13.6. The molecule has 1 saturated heterocycles. The van der Waals surface area contributed by atoms with Crippen LogP contribution in [0.15, 0.2) is 18.2 Å². The number of likely N-dealkylation sites (tertiary alicyclic amines) is 1. The molecule has 1 fully saturated rings. The van der Waals surface area contributed by atoms with E-state index in [1.54, 1.807) is 0 Å². The van der Waals surface area contributed by atoms with Crippen molar-refractivity contribution in [2.45, 2.75) is 18.9 Å². The third-order valence-electron chi connectivity index (χ3n) is 3.14. The van der Waals surface area contributed by atoms with Crippen molar-refractivity contribution in [2.75, 3.05) is 13.1 Å². The molecule has 1 heterocycles. The fraction of sp³-hybridized carbons (Fsp3) is 0.417. The lowest BCUT2D eigenvalue weighted by Crippen LogP contribution is -2.45. The smallest absolute Gasteiger partial charge is 0.270 e. The zero-order chi connectivity index (χ0) is 14.0. The van der Waals surface area contributed by atoms with Crippen LogP contribution in [0.4, 0.5) is 10.1 Å². The Morgan fingerprint density at radius 1 is 1.53 bits per heavy atom. The van der Waals surface area contributed by atoms with Gasteiger partial charge in [-0.2, -0.15) is 0 Å².